The van der Waals surface area contributed by atoms with Gasteiger partial charge in [0.25, 0.3) is 5.56 Å². The number of thioether (sulfide) groups is 1. The summed E-state index contributed by atoms with van der Waals surface area (Å²) in [5.41, 5.74) is 0.578. The standard InChI is InChI=1S/C20H19F2N3O2S/c1-3-12(2)25-19(27)14-6-4-5-7-17(14)24-20(25)28-11-18(26)23-13-8-9-15(21)16(22)10-13/h4-10,12H,3,11H2,1-2H3,(H,23,26)/t12-/m0/s1. The quantitative estimate of drug-likeness (QED) is 0.490. The second-order valence-electron chi connectivity index (χ2n) is 6.31. The van der Waals surface area contributed by atoms with Crippen molar-refractivity contribution in [3.63, 3.8) is 0 Å². The van der Waals surface area contributed by atoms with E-state index >= 15 is 0 Å². The SMILES string of the molecule is CC[C@H](C)n1c(SCC(=O)Nc2ccc(F)c(F)c2)nc2ccccc2c1=O. The Morgan fingerprint density at radius 2 is 1.96 bits per heavy atom. The van der Waals surface area contributed by atoms with Crippen LogP contribution in [0.25, 0.3) is 10.9 Å². The Bertz CT molecular complexity index is 1080. The predicted octanol–water partition coefficient (Wildman–Crippen LogP) is 4.38. The first-order chi connectivity index (χ1) is 13.4. The topological polar surface area (TPSA) is 64.0 Å². The monoisotopic (exact) mass is 403 g/mol. The van der Waals surface area contributed by atoms with E-state index in [0.717, 1.165) is 30.3 Å². The number of carbonyl (C=O) groups is 1. The van der Waals surface area contributed by atoms with Crippen molar-refractivity contribution in [3.8, 4) is 0 Å². The van der Waals surface area contributed by atoms with E-state index in [0.29, 0.717) is 16.1 Å². The third kappa shape index (κ3) is 4.22. The van der Waals surface area contributed by atoms with Gasteiger partial charge in [-0.15, -0.1) is 0 Å². The second-order valence-corrected chi connectivity index (χ2v) is 7.25. The molecule has 1 aromatic heterocycles. The number of fused-ring (bicyclic) bond motifs is 1. The number of anilines is 1. The fraction of sp³-hybridized carbons (Fsp3) is 0.250. The average molecular weight is 403 g/mol. The van der Waals surface area contributed by atoms with E-state index < -0.39 is 17.5 Å². The number of rotatable bonds is 6. The first kappa shape index (κ1) is 20.0. The summed E-state index contributed by atoms with van der Waals surface area (Å²) in [5, 5.41) is 3.48. The Kier molecular flexibility index (Phi) is 6.08. The minimum Gasteiger partial charge on any atom is -0.325 e. The molecular weight excluding hydrogens is 384 g/mol. The molecule has 146 valence electrons. The highest BCUT2D eigenvalue weighted by molar-refractivity contribution is 7.99. The smallest absolute Gasteiger partial charge is 0.262 e. The molecule has 0 aliphatic carbocycles. The van der Waals surface area contributed by atoms with Crippen LogP contribution in [-0.2, 0) is 4.79 Å². The minimum atomic E-state index is -1.03. The molecule has 8 heteroatoms. The molecule has 1 heterocycles. The largest absolute Gasteiger partial charge is 0.325 e. The molecule has 1 N–H and O–H groups in total. The maximum atomic E-state index is 13.3. The lowest BCUT2D eigenvalue weighted by Gasteiger charge is -2.18. The van der Waals surface area contributed by atoms with Crippen LogP contribution in [0.1, 0.15) is 26.3 Å². The van der Waals surface area contributed by atoms with Gasteiger partial charge in [-0.3, -0.25) is 14.2 Å². The van der Waals surface area contributed by atoms with Crippen LogP contribution < -0.4 is 10.9 Å². The Morgan fingerprint density at radius 3 is 2.68 bits per heavy atom. The highest BCUT2D eigenvalue weighted by Crippen LogP contribution is 2.23. The van der Waals surface area contributed by atoms with E-state index in [2.05, 4.69) is 10.3 Å². The summed E-state index contributed by atoms with van der Waals surface area (Å²) in [6.45, 7) is 3.89. The zero-order valence-corrected chi connectivity index (χ0v) is 16.2. The number of aromatic nitrogens is 2. The maximum absolute atomic E-state index is 13.3. The highest BCUT2D eigenvalue weighted by Gasteiger charge is 2.17. The van der Waals surface area contributed by atoms with Gasteiger partial charge in [-0.05, 0) is 37.6 Å². The van der Waals surface area contributed by atoms with Crippen LogP contribution >= 0.6 is 11.8 Å². The van der Waals surface area contributed by atoms with Crippen LogP contribution in [-0.4, -0.2) is 21.2 Å². The third-order valence-corrected chi connectivity index (χ3v) is 5.30. The van der Waals surface area contributed by atoms with Crippen LogP contribution in [0.15, 0.2) is 52.4 Å². The van der Waals surface area contributed by atoms with Crippen molar-refractivity contribution in [2.75, 3.05) is 11.1 Å². The normalized spacial score (nSPS) is 12.1. The van der Waals surface area contributed by atoms with Gasteiger partial charge in [0.2, 0.25) is 5.91 Å². The molecule has 28 heavy (non-hydrogen) atoms. The molecule has 0 unspecified atom stereocenters. The molecule has 0 radical (unpaired) electrons. The van der Waals surface area contributed by atoms with Crippen molar-refractivity contribution < 1.29 is 13.6 Å². The molecular formula is C20H19F2N3O2S. The summed E-state index contributed by atoms with van der Waals surface area (Å²) in [5.74, 6) is -2.45. The molecule has 3 rings (SSSR count). The van der Waals surface area contributed by atoms with Gasteiger partial charge in [0.15, 0.2) is 16.8 Å². The molecule has 1 atom stereocenters. The zero-order valence-electron chi connectivity index (χ0n) is 15.4. The molecule has 0 saturated heterocycles. The molecule has 0 aliphatic heterocycles. The van der Waals surface area contributed by atoms with Crippen molar-refractivity contribution in [1.82, 2.24) is 9.55 Å². The number of nitrogens with one attached hydrogen (secondary N) is 1. The summed E-state index contributed by atoms with van der Waals surface area (Å²) in [6.07, 6.45) is 0.731. The fourth-order valence-electron chi connectivity index (χ4n) is 2.70. The van der Waals surface area contributed by atoms with Gasteiger partial charge in [-0.25, -0.2) is 13.8 Å². The molecule has 5 nitrogen and oxygen atoms in total. The van der Waals surface area contributed by atoms with E-state index in [1.165, 1.54) is 6.07 Å². The minimum absolute atomic E-state index is 0.0276. The van der Waals surface area contributed by atoms with Crippen molar-refractivity contribution in [3.05, 3.63) is 64.5 Å². The maximum Gasteiger partial charge on any atom is 0.262 e. The van der Waals surface area contributed by atoms with E-state index in [-0.39, 0.29) is 23.0 Å². The summed E-state index contributed by atoms with van der Waals surface area (Å²) < 4.78 is 27.9. The van der Waals surface area contributed by atoms with E-state index in [1.807, 2.05) is 13.8 Å². The number of carbonyl (C=O) groups excluding carboxylic acids is 1. The average Bonchev–Trinajstić information content (AvgIpc) is 2.69. The summed E-state index contributed by atoms with van der Waals surface area (Å²) in [4.78, 5) is 29.7. The zero-order chi connectivity index (χ0) is 20.3. The second kappa shape index (κ2) is 8.52. The van der Waals surface area contributed by atoms with Crippen LogP contribution in [0, 0.1) is 11.6 Å². The number of para-hydroxylation sites is 1. The third-order valence-electron chi connectivity index (χ3n) is 4.34. The number of benzene rings is 2. The summed E-state index contributed by atoms with van der Waals surface area (Å²) in [6, 6.07) is 10.1. The summed E-state index contributed by atoms with van der Waals surface area (Å²) in [7, 11) is 0. The number of hydrogen-bond donors (Lipinski definition) is 1. The van der Waals surface area contributed by atoms with Crippen molar-refractivity contribution in [2.45, 2.75) is 31.5 Å². The lowest BCUT2D eigenvalue weighted by atomic mass is 10.2. The van der Waals surface area contributed by atoms with E-state index in [1.54, 1.807) is 28.8 Å². The van der Waals surface area contributed by atoms with Gasteiger partial charge in [0.1, 0.15) is 0 Å². The molecule has 0 saturated carbocycles. The molecule has 0 spiro atoms. The van der Waals surface area contributed by atoms with Gasteiger partial charge >= 0.3 is 0 Å². The van der Waals surface area contributed by atoms with Crippen molar-refractivity contribution >= 4 is 34.3 Å². The van der Waals surface area contributed by atoms with Gasteiger partial charge in [0.05, 0.1) is 16.7 Å². The predicted molar refractivity (Wildman–Crippen MR) is 107 cm³/mol. The van der Waals surface area contributed by atoms with E-state index in [9.17, 15) is 18.4 Å². The van der Waals surface area contributed by atoms with Gasteiger partial charge in [0, 0.05) is 17.8 Å². The number of amides is 1. The van der Waals surface area contributed by atoms with Gasteiger partial charge in [-0.1, -0.05) is 30.8 Å². The molecule has 3 aromatic rings. The van der Waals surface area contributed by atoms with Crippen LogP contribution in [0.5, 0.6) is 0 Å². The van der Waals surface area contributed by atoms with Crippen LogP contribution in [0.3, 0.4) is 0 Å². The van der Waals surface area contributed by atoms with Crippen molar-refractivity contribution in [1.29, 1.82) is 0 Å². The lowest BCUT2D eigenvalue weighted by Crippen LogP contribution is -2.26. The highest BCUT2D eigenvalue weighted by atomic mass is 32.2. The fourth-order valence-corrected chi connectivity index (χ4v) is 3.60. The Labute approximate surface area is 164 Å². The van der Waals surface area contributed by atoms with Crippen molar-refractivity contribution in [2.24, 2.45) is 0 Å². The molecule has 0 fully saturated rings. The molecule has 1 amide bonds. The Morgan fingerprint density at radius 1 is 1.21 bits per heavy atom. The molecule has 0 aliphatic rings. The number of nitrogens with zero attached hydrogens (tertiary/aromatic N) is 2. The summed E-state index contributed by atoms with van der Waals surface area (Å²) >= 11 is 1.13. The number of halogens is 2. The Balaban J connectivity index is 1.83. The first-order valence-electron chi connectivity index (χ1n) is 8.79. The molecule has 0 bridgehead atoms. The van der Waals surface area contributed by atoms with Gasteiger partial charge < -0.3 is 5.32 Å². The first-order valence-corrected chi connectivity index (χ1v) is 9.78. The number of hydrogen-bond acceptors (Lipinski definition) is 4. The van der Waals surface area contributed by atoms with Crippen LogP contribution in [0.2, 0.25) is 0 Å². The Hall–Kier alpha value is -2.74. The lowest BCUT2D eigenvalue weighted by molar-refractivity contribution is -0.113. The van der Waals surface area contributed by atoms with Crippen LogP contribution in [0.4, 0.5) is 14.5 Å². The molecule has 2 aromatic carbocycles. The van der Waals surface area contributed by atoms with Gasteiger partial charge in [-0.2, -0.15) is 0 Å². The van der Waals surface area contributed by atoms with E-state index in [4.69, 9.17) is 0 Å².